The standard InChI is InChI=1S/C15H20BrN3O/c16-12-3-4-13-14(8-12)19(15(20)10-18-13)7-5-11-2-1-6-17-9-11/h3-4,8,11,17-18H,1-2,5-7,9-10H2. The van der Waals surface area contributed by atoms with Crippen LogP contribution in [0, 0.1) is 5.92 Å². The Morgan fingerprint density at radius 2 is 2.30 bits per heavy atom. The monoisotopic (exact) mass is 337 g/mol. The number of nitrogens with one attached hydrogen (secondary N) is 2. The highest BCUT2D eigenvalue weighted by molar-refractivity contribution is 9.10. The van der Waals surface area contributed by atoms with Crippen LogP contribution in [0.3, 0.4) is 0 Å². The van der Waals surface area contributed by atoms with E-state index in [-0.39, 0.29) is 5.91 Å². The van der Waals surface area contributed by atoms with Gasteiger partial charge in [-0.1, -0.05) is 15.9 Å². The molecule has 0 radical (unpaired) electrons. The Labute approximate surface area is 128 Å². The van der Waals surface area contributed by atoms with Gasteiger partial charge in [0.1, 0.15) is 0 Å². The van der Waals surface area contributed by atoms with Crippen molar-refractivity contribution in [1.29, 1.82) is 0 Å². The third-order valence-electron chi connectivity index (χ3n) is 4.14. The number of carbonyl (C=O) groups excluding carboxylic acids is 1. The number of anilines is 2. The second kappa shape index (κ2) is 6.14. The van der Waals surface area contributed by atoms with Crippen LogP contribution in [0.1, 0.15) is 19.3 Å². The second-order valence-electron chi connectivity index (χ2n) is 5.56. The van der Waals surface area contributed by atoms with Gasteiger partial charge in [0.05, 0.1) is 17.9 Å². The Bertz CT molecular complexity index is 500. The summed E-state index contributed by atoms with van der Waals surface area (Å²) in [6.07, 6.45) is 3.60. The normalized spacial score (nSPS) is 22.4. The maximum atomic E-state index is 12.2. The highest BCUT2D eigenvalue weighted by Crippen LogP contribution is 2.32. The molecule has 0 aliphatic carbocycles. The van der Waals surface area contributed by atoms with Crippen molar-refractivity contribution >= 4 is 33.2 Å². The lowest BCUT2D eigenvalue weighted by molar-refractivity contribution is -0.117. The van der Waals surface area contributed by atoms with Gasteiger partial charge >= 0.3 is 0 Å². The van der Waals surface area contributed by atoms with Gasteiger partial charge in [0.2, 0.25) is 5.91 Å². The summed E-state index contributed by atoms with van der Waals surface area (Å²) in [5.74, 6) is 0.862. The Morgan fingerprint density at radius 3 is 3.10 bits per heavy atom. The number of rotatable bonds is 3. The van der Waals surface area contributed by atoms with Crippen molar-refractivity contribution in [3.8, 4) is 0 Å². The molecule has 1 aromatic rings. The van der Waals surface area contributed by atoms with Gasteiger partial charge in [-0.25, -0.2) is 0 Å². The Morgan fingerprint density at radius 1 is 1.40 bits per heavy atom. The molecule has 1 aromatic carbocycles. The summed E-state index contributed by atoms with van der Waals surface area (Å²) in [6, 6.07) is 6.06. The number of fused-ring (bicyclic) bond motifs is 1. The lowest BCUT2D eigenvalue weighted by Crippen LogP contribution is -2.42. The summed E-state index contributed by atoms with van der Waals surface area (Å²) in [4.78, 5) is 14.1. The fourth-order valence-electron chi connectivity index (χ4n) is 3.01. The molecule has 0 aromatic heterocycles. The fraction of sp³-hybridized carbons (Fsp3) is 0.533. The van der Waals surface area contributed by atoms with Gasteiger partial charge in [-0.2, -0.15) is 0 Å². The molecule has 0 bridgehead atoms. The number of carbonyl (C=O) groups is 1. The molecule has 2 heterocycles. The summed E-state index contributed by atoms with van der Waals surface area (Å²) >= 11 is 3.49. The smallest absolute Gasteiger partial charge is 0.246 e. The first-order valence-corrected chi connectivity index (χ1v) is 8.08. The maximum absolute atomic E-state index is 12.2. The molecular formula is C15H20BrN3O. The molecule has 5 heteroatoms. The van der Waals surface area contributed by atoms with E-state index in [2.05, 4.69) is 26.6 Å². The summed E-state index contributed by atoms with van der Waals surface area (Å²) in [6.45, 7) is 3.44. The van der Waals surface area contributed by atoms with Gasteiger partial charge in [0.25, 0.3) is 0 Å². The third kappa shape index (κ3) is 2.99. The SMILES string of the molecule is O=C1CNc2ccc(Br)cc2N1CCC1CCCNC1. The van der Waals surface area contributed by atoms with Crippen molar-refractivity contribution < 1.29 is 4.79 Å². The van der Waals surface area contributed by atoms with Gasteiger partial charge in [-0.3, -0.25) is 4.79 Å². The van der Waals surface area contributed by atoms with Crippen molar-refractivity contribution in [1.82, 2.24) is 5.32 Å². The highest BCUT2D eigenvalue weighted by atomic mass is 79.9. The zero-order chi connectivity index (χ0) is 13.9. The lowest BCUT2D eigenvalue weighted by atomic mass is 9.96. The number of halogens is 1. The van der Waals surface area contributed by atoms with Crippen LogP contribution in [0.25, 0.3) is 0 Å². The Balaban J connectivity index is 1.71. The first-order valence-electron chi connectivity index (χ1n) is 7.28. The van der Waals surface area contributed by atoms with E-state index in [4.69, 9.17) is 0 Å². The average Bonchev–Trinajstić information content (AvgIpc) is 2.47. The molecule has 1 saturated heterocycles. The zero-order valence-corrected chi connectivity index (χ0v) is 13.1. The predicted octanol–water partition coefficient (Wildman–Crippen LogP) is 2.60. The van der Waals surface area contributed by atoms with E-state index < -0.39 is 0 Å². The topological polar surface area (TPSA) is 44.4 Å². The molecule has 2 aliphatic heterocycles. The van der Waals surface area contributed by atoms with Crippen LogP contribution in [0.4, 0.5) is 11.4 Å². The van der Waals surface area contributed by atoms with E-state index in [9.17, 15) is 4.79 Å². The van der Waals surface area contributed by atoms with Gasteiger partial charge in [0.15, 0.2) is 0 Å². The molecule has 2 N–H and O–H groups in total. The number of piperidine rings is 1. The van der Waals surface area contributed by atoms with E-state index in [0.717, 1.165) is 41.9 Å². The van der Waals surface area contributed by atoms with Gasteiger partial charge in [0, 0.05) is 11.0 Å². The van der Waals surface area contributed by atoms with E-state index >= 15 is 0 Å². The fourth-order valence-corrected chi connectivity index (χ4v) is 3.35. The molecule has 1 unspecified atom stereocenters. The van der Waals surface area contributed by atoms with Crippen molar-refractivity contribution in [3.63, 3.8) is 0 Å². The van der Waals surface area contributed by atoms with E-state index in [1.807, 2.05) is 23.1 Å². The summed E-state index contributed by atoms with van der Waals surface area (Å²) in [5, 5.41) is 6.62. The molecule has 1 amide bonds. The van der Waals surface area contributed by atoms with Gasteiger partial charge in [-0.05, 0) is 56.5 Å². The second-order valence-corrected chi connectivity index (χ2v) is 6.48. The molecule has 1 atom stereocenters. The quantitative estimate of drug-likeness (QED) is 0.891. The highest BCUT2D eigenvalue weighted by Gasteiger charge is 2.25. The molecule has 3 rings (SSSR count). The van der Waals surface area contributed by atoms with Crippen molar-refractivity contribution in [2.45, 2.75) is 19.3 Å². The number of nitrogens with zero attached hydrogens (tertiary/aromatic N) is 1. The summed E-state index contributed by atoms with van der Waals surface area (Å²) < 4.78 is 1.01. The molecule has 108 valence electrons. The number of hydrogen-bond acceptors (Lipinski definition) is 3. The molecule has 1 fully saturated rings. The number of hydrogen-bond donors (Lipinski definition) is 2. The van der Waals surface area contributed by atoms with Gasteiger partial charge < -0.3 is 15.5 Å². The lowest BCUT2D eigenvalue weighted by Gasteiger charge is -2.32. The maximum Gasteiger partial charge on any atom is 0.246 e. The zero-order valence-electron chi connectivity index (χ0n) is 11.5. The first-order chi connectivity index (χ1) is 9.74. The number of benzene rings is 1. The van der Waals surface area contributed by atoms with E-state index in [1.54, 1.807) is 0 Å². The van der Waals surface area contributed by atoms with Crippen molar-refractivity contribution in [2.75, 3.05) is 36.4 Å². The predicted molar refractivity (Wildman–Crippen MR) is 85.2 cm³/mol. The minimum Gasteiger partial charge on any atom is -0.374 e. The minimum atomic E-state index is 0.166. The van der Waals surface area contributed by atoms with Crippen molar-refractivity contribution in [3.05, 3.63) is 22.7 Å². The van der Waals surface area contributed by atoms with E-state index in [0.29, 0.717) is 12.5 Å². The molecular weight excluding hydrogens is 318 g/mol. The van der Waals surface area contributed by atoms with Crippen LogP contribution in [0.15, 0.2) is 22.7 Å². The van der Waals surface area contributed by atoms with E-state index in [1.165, 1.54) is 12.8 Å². The van der Waals surface area contributed by atoms with Crippen LogP contribution in [0.5, 0.6) is 0 Å². The molecule has 0 spiro atoms. The van der Waals surface area contributed by atoms with Crippen LogP contribution < -0.4 is 15.5 Å². The first kappa shape index (κ1) is 13.9. The molecule has 2 aliphatic rings. The van der Waals surface area contributed by atoms with Crippen molar-refractivity contribution in [2.24, 2.45) is 5.92 Å². The average molecular weight is 338 g/mol. The molecule has 20 heavy (non-hydrogen) atoms. The number of amides is 1. The third-order valence-corrected chi connectivity index (χ3v) is 4.63. The van der Waals surface area contributed by atoms with Crippen LogP contribution >= 0.6 is 15.9 Å². The molecule has 0 saturated carbocycles. The van der Waals surface area contributed by atoms with Crippen LogP contribution in [0.2, 0.25) is 0 Å². The van der Waals surface area contributed by atoms with Crippen LogP contribution in [-0.2, 0) is 4.79 Å². The minimum absolute atomic E-state index is 0.166. The Kier molecular flexibility index (Phi) is 4.27. The van der Waals surface area contributed by atoms with Gasteiger partial charge in [-0.15, -0.1) is 0 Å². The summed E-state index contributed by atoms with van der Waals surface area (Å²) in [5.41, 5.74) is 2.05. The Hall–Kier alpha value is -1.07. The summed E-state index contributed by atoms with van der Waals surface area (Å²) in [7, 11) is 0. The largest absolute Gasteiger partial charge is 0.374 e. The molecule has 4 nitrogen and oxygen atoms in total. The van der Waals surface area contributed by atoms with Crippen LogP contribution in [-0.4, -0.2) is 32.1 Å².